The maximum Gasteiger partial charge on any atom is 0.253 e. The molecule has 2 aromatic carbocycles. The van der Waals surface area contributed by atoms with Gasteiger partial charge in [-0.15, -0.1) is 0 Å². The fraction of sp³-hybridized carbons (Fsp3) is 0.273. The summed E-state index contributed by atoms with van der Waals surface area (Å²) in [6.45, 7) is 0. The van der Waals surface area contributed by atoms with Gasteiger partial charge in [0.15, 0.2) is 0 Å². The summed E-state index contributed by atoms with van der Waals surface area (Å²) in [7, 11) is 0. The molecule has 0 saturated heterocycles. The Morgan fingerprint density at radius 1 is 1.11 bits per heavy atom. The molecule has 1 unspecified atom stereocenters. The van der Waals surface area contributed by atoms with Gasteiger partial charge in [0.2, 0.25) is 5.91 Å². The van der Waals surface area contributed by atoms with E-state index in [9.17, 15) is 14.0 Å². The predicted octanol–water partition coefficient (Wildman–Crippen LogP) is 3.83. The van der Waals surface area contributed by atoms with Crippen LogP contribution in [0.2, 0.25) is 0 Å². The first-order chi connectivity index (χ1) is 13.1. The molecule has 27 heavy (non-hydrogen) atoms. The minimum Gasteiger partial charge on any atom is -0.332 e. The molecule has 4 nitrogen and oxygen atoms in total. The zero-order valence-corrected chi connectivity index (χ0v) is 14.9. The second-order valence-electron chi connectivity index (χ2n) is 7.08. The molecule has 1 heterocycles. The Labute approximate surface area is 157 Å². The summed E-state index contributed by atoms with van der Waals surface area (Å²) in [4.78, 5) is 24.9. The quantitative estimate of drug-likeness (QED) is 0.870. The number of carbonyl (C=O) groups excluding carboxylic acids is 2. The molecule has 1 atom stereocenters. The second-order valence-corrected chi connectivity index (χ2v) is 7.08. The molecule has 0 fully saturated rings. The Hall–Kier alpha value is -2.95. The molecule has 2 N–H and O–H groups in total. The zero-order valence-electron chi connectivity index (χ0n) is 14.9. The van der Waals surface area contributed by atoms with Gasteiger partial charge in [0.25, 0.3) is 5.91 Å². The van der Waals surface area contributed by atoms with Crippen molar-refractivity contribution >= 4 is 17.5 Å². The van der Waals surface area contributed by atoms with Crippen molar-refractivity contribution in [3.63, 3.8) is 0 Å². The summed E-state index contributed by atoms with van der Waals surface area (Å²) in [5.41, 5.74) is 4.37. The van der Waals surface area contributed by atoms with Crippen LogP contribution in [0, 0.1) is 5.82 Å². The summed E-state index contributed by atoms with van der Waals surface area (Å²) >= 11 is 0. The van der Waals surface area contributed by atoms with E-state index in [-0.39, 0.29) is 24.1 Å². The lowest BCUT2D eigenvalue weighted by Gasteiger charge is -2.25. The van der Waals surface area contributed by atoms with E-state index in [1.54, 1.807) is 12.1 Å². The monoisotopic (exact) mass is 364 g/mol. The number of benzene rings is 2. The van der Waals surface area contributed by atoms with Crippen molar-refractivity contribution in [2.45, 2.75) is 38.0 Å². The van der Waals surface area contributed by atoms with Crippen molar-refractivity contribution in [2.75, 3.05) is 5.32 Å². The number of nitrogens with one attached hydrogen (secondary N) is 2. The minimum atomic E-state index is -0.464. The van der Waals surface area contributed by atoms with Crippen LogP contribution in [0.4, 0.5) is 10.1 Å². The van der Waals surface area contributed by atoms with Crippen molar-refractivity contribution < 1.29 is 14.0 Å². The van der Waals surface area contributed by atoms with Crippen LogP contribution >= 0.6 is 0 Å². The molecule has 2 amide bonds. The standard InChI is InChI=1S/C22H21FN2O2/c23-16-8-3-7-15(11-16)18-12-21(26)24-13-19(18)22(27)25-20-10-4-6-14-5-1-2-9-17(14)20/h3-4,6-8,10-11,13,18H,1-2,5,9,12H2,(H,24,26)(H,25,27). The largest absolute Gasteiger partial charge is 0.332 e. The van der Waals surface area contributed by atoms with Crippen LogP contribution < -0.4 is 10.6 Å². The van der Waals surface area contributed by atoms with Gasteiger partial charge in [0.1, 0.15) is 5.82 Å². The number of anilines is 1. The van der Waals surface area contributed by atoms with Crippen molar-refractivity contribution in [1.29, 1.82) is 0 Å². The first-order valence-electron chi connectivity index (χ1n) is 9.29. The van der Waals surface area contributed by atoms with Gasteiger partial charge in [0, 0.05) is 29.8 Å². The molecular formula is C22H21FN2O2. The third kappa shape index (κ3) is 3.63. The molecule has 2 aliphatic rings. The summed E-state index contributed by atoms with van der Waals surface area (Å²) in [5.74, 6) is -1.29. The molecular weight excluding hydrogens is 343 g/mol. The zero-order chi connectivity index (χ0) is 18.8. The normalized spacial score (nSPS) is 18.9. The van der Waals surface area contributed by atoms with E-state index in [0.717, 1.165) is 24.9 Å². The molecule has 1 aliphatic heterocycles. The van der Waals surface area contributed by atoms with Crippen LogP contribution in [0.15, 0.2) is 54.2 Å². The Balaban J connectivity index is 1.63. The number of rotatable bonds is 3. The Kier molecular flexibility index (Phi) is 4.75. The van der Waals surface area contributed by atoms with E-state index in [0.29, 0.717) is 11.1 Å². The van der Waals surface area contributed by atoms with Gasteiger partial charge >= 0.3 is 0 Å². The van der Waals surface area contributed by atoms with E-state index < -0.39 is 5.92 Å². The van der Waals surface area contributed by atoms with Crippen molar-refractivity contribution in [2.24, 2.45) is 0 Å². The van der Waals surface area contributed by atoms with Crippen LogP contribution in [0.5, 0.6) is 0 Å². The minimum absolute atomic E-state index is 0.121. The number of carbonyl (C=O) groups is 2. The lowest BCUT2D eigenvalue weighted by atomic mass is 9.85. The highest BCUT2D eigenvalue weighted by molar-refractivity contribution is 6.06. The van der Waals surface area contributed by atoms with Gasteiger partial charge < -0.3 is 10.6 Å². The topological polar surface area (TPSA) is 58.2 Å². The van der Waals surface area contributed by atoms with Gasteiger partial charge in [-0.2, -0.15) is 0 Å². The van der Waals surface area contributed by atoms with Crippen molar-refractivity contribution in [1.82, 2.24) is 5.32 Å². The summed E-state index contributed by atoms with van der Waals surface area (Å²) < 4.78 is 13.7. The maximum absolute atomic E-state index is 13.7. The molecule has 1 aliphatic carbocycles. The van der Waals surface area contributed by atoms with Gasteiger partial charge in [-0.25, -0.2) is 4.39 Å². The third-order valence-electron chi connectivity index (χ3n) is 5.31. The summed E-state index contributed by atoms with van der Waals surface area (Å²) in [6, 6.07) is 12.1. The maximum atomic E-state index is 13.7. The molecule has 0 saturated carbocycles. The molecule has 138 valence electrons. The summed E-state index contributed by atoms with van der Waals surface area (Å²) in [6.07, 6.45) is 5.84. The van der Waals surface area contributed by atoms with Crippen LogP contribution in [0.25, 0.3) is 0 Å². The number of amides is 2. The van der Waals surface area contributed by atoms with Crippen LogP contribution in [-0.2, 0) is 22.4 Å². The van der Waals surface area contributed by atoms with Crippen molar-refractivity contribution in [3.05, 3.63) is 76.7 Å². The smallest absolute Gasteiger partial charge is 0.253 e. The molecule has 5 heteroatoms. The third-order valence-corrected chi connectivity index (χ3v) is 5.31. The molecule has 0 aromatic heterocycles. The fourth-order valence-electron chi connectivity index (χ4n) is 3.95. The van der Waals surface area contributed by atoms with E-state index in [1.165, 1.54) is 35.9 Å². The van der Waals surface area contributed by atoms with Crippen molar-refractivity contribution in [3.8, 4) is 0 Å². The highest BCUT2D eigenvalue weighted by atomic mass is 19.1. The molecule has 2 aromatic rings. The van der Waals surface area contributed by atoms with Crippen LogP contribution in [0.3, 0.4) is 0 Å². The lowest BCUT2D eigenvalue weighted by Crippen LogP contribution is -2.32. The Bertz CT molecular complexity index is 936. The number of fused-ring (bicyclic) bond motifs is 1. The van der Waals surface area contributed by atoms with E-state index in [2.05, 4.69) is 16.7 Å². The van der Waals surface area contributed by atoms with E-state index >= 15 is 0 Å². The van der Waals surface area contributed by atoms with E-state index in [1.807, 2.05) is 12.1 Å². The average molecular weight is 364 g/mol. The molecule has 0 spiro atoms. The summed E-state index contributed by atoms with van der Waals surface area (Å²) in [5, 5.41) is 5.64. The molecule has 0 bridgehead atoms. The van der Waals surface area contributed by atoms with Crippen LogP contribution in [-0.4, -0.2) is 11.8 Å². The molecule has 0 radical (unpaired) electrons. The number of aryl methyl sites for hydroxylation is 1. The fourth-order valence-corrected chi connectivity index (χ4v) is 3.95. The Morgan fingerprint density at radius 2 is 1.93 bits per heavy atom. The Morgan fingerprint density at radius 3 is 2.78 bits per heavy atom. The van der Waals surface area contributed by atoms with Gasteiger partial charge in [-0.3, -0.25) is 9.59 Å². The van der Waals surface area contributed by atoms with Gasteiger partial charge in [-0.05, 0) is 60.6 Å². The van der Waals surface area contributed by atoms with E-state index in [4.69, 9.17) is 0 Å². The molecule has 4 rings (SSSR count). The van der Waals surface area contributed by atoms with Crippen LogP contribution in [0.1, 0.15) is 41.9 Å². The number of hydrogen-bond donors (Lipinski definition) is 2. The first kappa shape index (κ1) is 17.5. The number of hydrogen-bond acceptors (Lipinski definition) is 2. The first-order valence-corrected chi connectivity index (χ1v) is 9.29. The average Bonchev–Trinajstić information content (AvgIpc) is 2.68. The number of halogens is 1. The predicted molar refractivity (Wildman–Crippen MR) is 102 cm³/mol. The highest BCUT2D eigenvalue weighted by Gasteiger charge is 2.29. The lowest BCUT2D eigenvalue weighted by molar-refractivity contribution is -0.121. The van der Waals surface area contributed by atoms with Gasteiger partial charge in [0.05, 0.1) is 0 Å². The van der Waals surface area contributed by atoms with Gasteiger partial charge in [-0.1, -0.05) is 24.3 Å². The highest BCUT2D eigenvalue weighted by Crippen LogP contribution is 2.33. The SMILES string of the molecule is O=C1CC(c2cccc(F)c2)C(C(=O)Nc2cccc3c2CCCC3)=CN1. The second kappa shape index (κ2) is 7.35.